The van der Waals surface area contributed by atoms with Crippen LogP contribution in [0.2, 0.25) is 0 Å². The zero-order valence-electron chi connectivity index (χ0n) is 15.2. The number of halogens is 3. The van der Waals surface area contributed by atoms with Crippen molar-refractivity contribution in [2.45, 2.75) is 6.18 Å². The zero-order chi connectivity index (χ0) is 21.2. The van der Waals surface area contributed by atoms with E-state index in [1.807, 2.05) is 36.0 Å². The van der Waals surface area contributed by atoms with Gasteiger partial charge in [-0.15, -0.1) is 0 Å². The second-order valence-electron chi connectivity index (χ2n) is 5.80. The summed E-state index contributed by atoms with van der Waals surface area (Å²) in [5.41, 5.74) is 4.32. The Bertz CT molecular complexity index is 1190. The minimum atomic E-state index is -5.08. The molecule has 0 saturated heterocycles. The lowest BCUT2D eigenvalue weighted by Gasteiger charge is -2.02. The maximum Gasteiger partial charge on any atom is 0.490 e. The molecule has 0 bridgehead atoms. The number of hydrogen-bond acceptors (Lipinski definition) is 6. The first-order chi connectivity index (χ1) is 13.7. The number of aromatic nitrogens is 5. The number of ether oxygens (including phenoxy) is 1. The third-order valence-electron chi connectivity index (χ3n) is 3.91. The molecule has 150 valence electrons. The number of fused-ring (bicyclic) bond motifs is 2. The van der Waals surface area contributed by atoms with Gasteiger partial charge in [0.05, 0.1) is 24.5 Å². The Morgan fingerprint density at radius 1 is 1.17 bits per heavy atom. The topological polar surface area (TPSA) is 103 Å². The molecule has 8 nitrogen and oxygen atoms in total. The molecular weight excluding hydrogens is 391 g/mol. The third-order valence-corrected chi connectivity index (χ3v) is 3.91. The first kappa shape index (κ1) is 20.0. The number of carboxylic acids is 1. The van der Waals surface area contributed by atoms with E-state index in [-0.39, 0.29) is 0 Å². The largest absolute Gasteiger partial charge is 0.490 e. The van der Waals surface area contributed by atoms with Crippen molar-refractivity contribution in [3.63, 3.8) is 0 Å². The van der Waals surface area contributed by atoms with E-state index in [0.29, 0.717) is 11.5 Å². The molecule has 0 aliphatic rings. The maximum atomic E-state index is 10.6. The van der Waals surface area contributed by atoms with Gasteiger partial charge in [-0.2, -0.15) is 13.2 Å². The van der Waals surface area contributed by atoms with Crippen molar-refractivity contribution in [3.8, 4) is 17.1 Å². The Morgan fingerprint density at radius 2 is 1.86 bits per heavy atom. The monoisotopic (exact) mass is 405 g/mol. The van der Waals surface area contributed by atoms with Crippen molar-refractivity contribution in [2.24, 2.45) is 7.05 Å². The van der Waals surface area contributed by atoms with Crippen LogP contribution in [0.1, 0.15) is 0 Å². The highest BCUT2D eigenvalue weighted by atomic mass is 19.4. The van der Waals surface area contributed by atoms with Crippen LogP contribution >= 0.6 is 0 Å². The molecule has 0 amide bonds. The van der Waals surface area contributed by atoms with Gasteiger partial charge in [0.25, 0.3) is 0 Å². The Kier molecular flexibility index (Phi) is 5.31. The van der Waals surface area contributed by atoms with Crippen LogP contribution in [0, 0.1) is 0 Å². The lowest BCUT2D eigenvalue weighted by molar-refractivity contribution is -0.192. The van der Waals surface area contributed by atoms with E-state index < -0.39 is 12.1 Å². The van der Waals surface area contributed by atoms with E-state index in [1.165, 1.54) is 0 Å². The number of rotatable bonds is 2. The summed E-state index contributed by atoms with van der Waals surface area (Å²) >= 11 is 0. The standard InChI is InChI=1S/C16H13N5O.C2HF3O2/c1-21-9-11(10-7-15(22-2)19-8-14(10)21)12-3-4-13-16(20-12)18-6-5-17-13;3-2(4,5)1(6)7/h3-9H,1-2H3;(H,6,7). The molecule has 0 aromatic carbocycles. The molecule has 0 unspecified atom stereocenters. The molecule has 1 N–H and O–H groups in total. The number of aryl methyl sites for hydroxylation is 1. The molecule has 4 aromatic heterocycles. The minimum absolute atomic E-state index is 0.584. The number of hydrogen-bond donors (Lipinski definition) is 1. The molecule has 0 spiro atoms. The van der Waals surface area contributed by atoms with Gasteiger partial charge in [-0.3, -0.25) is 4.98 Å². The molecule has 11 heteroatoms. The predicted octanol–water partition coefficient (Wildman–Crippen LogP) is 3.22. The van der Waals surface area contributed by atoms with Crippen molar-refractivity contribution < 1.29 is 27.8 Å². The molecule has 4 heterocycles. The fourth-order valence-electron chi connectivity index (χ4n) is 2.58. The summed E-state index contributed by atoms with van der Waals surface area (Å²) in [4.78, 5) is 26.3. The quantitative estimate of drug-likeness (QED) is 0.546. The number of methoxy groups -OCH3 is 1. The average molecular weight is 405 g/mol. The van der Waals surface area contributed by atoms with Crippen LogP contribution < -0.4 is 4.74 Å². The number of alkyl halides is 3. The Labute approximate surface area is 161 Å². The van der Waals surface area contributed by atoms with Gasteiger partial charge in [0.1, 0.15) is 5.52 Å². The van der Waals surface area contributed by atoms with E-state index >= 15 is 0 Å². The van der Waals surface area contributed by atoms with Gasteiger partial charge in [-0.25, -0.2) is 19.7 Å². The van der Waals surface area contributed by atoms with Gasteiger partial charge in [-0.05, 0) is 12.1 Å². The summed E-state index contributed by atoms with van der Waals surface area (Å²) in [6, 6.07) is 5.81. The number of carboxylic acid groups (broad SMARTS) is 1. The van der Waals surface area contributed by atoms with Crippen molar-refractivity contribution in [1.29, 1.82) is 0 Å². The van der Waals surface area contributed by atoms with Gasteiger partial charge < -0.3 is 14.4 Å². The molecule has 4 rings (SSSR count). The normalized spacial score (nSPS) is 11.2. The molecule has 0 radical (unpaired) electrons. The van der Waals surface area contributed by atoms with E-state index in [0.717, 1.165) is 27.7 Å². The summed E-state index contributed by atoms with van der Waals surface area (Å²) in [5, 5.41) is 8.17. The molecule has 0 atom stereocenters. The third kappa shape index (κ3) is 4.23. The van der Waals surface area contributed by atoms with Gasteiger partial charge in [0.15, 0.2) is 5.65 Å². The van der Waals surface area contributed by atoms with Gasteiger partial charge >= 0.3 is 12.1 Å². The summed E-state index contributed by atoms with van der Waals surface area (Å²) in [6.07, 6.45) is 2.07. The number of pyridine rings is 2. The van der Waals surface area contributed by atoms with Crippen molar-refractivity contribution >= 4 is 28.0 Å². The molecule has 29 heavy (non-hydrogen) atoms. The van der Waals surface area contributed by atoms with Gasteiger partial charge in [0, 0.05) is 42.7 Å². The average Bonchev–Trinajstić information content (AvgIpc) is 3.03. The molecule has 0 saturated carbocycles. The molecular formula is C18H14F3N5O3. The van der Waals surface area contributed by atoms with E-state index in [9.17, 15) is 13.2 Å². The summed E-state index contributed by atoms with van der Waals surface area (Å²) in [5.74, 6) is -2.17. The van der Waals surface area contributed by atoms with Crippen molar-refractivity contribution in [1.82, 2.24) is 24.5 Å². The first-order valence-corrected chi connectivity index (χ1v) is 8.08. The van der Waals surface area contributed by atoms with E-state index in [4.69, 9.17) is 14.6 Å². The van der Waals surface area contributed by atoms with Crippen LogP contribution in [0.5, 0.6) is 5.88 Å². The summed E-state index contributed by atoms with van der Waals surface area (Å²) < 4.78 is 39.0. The lowest BCUT2D eigenvalue weighted by atomic mass is 10.1. The maximum absolute atomic E-state index is 10.6. The number of carbonyl (C=O) groups is 1. The van der Waals surface area contributed by atoms with Crippen LogP contribution in [-0.4, -0.2) is 48.9 Å². The van der Waals surface area contributed by atoms with Gasteiger partial charge in [-0.1, -0.05) is 0 Å². The Morgan fingerprint density at radius 3 is 2.52 bits per heavy atom. The van der Waals surface area contributed by atoms with Crippen LogP contribution in [0.25, 0.3) is 33.3 Å². The minimum Gasteiger partial charge on any atom is -0.481 e. The van der Waals surface area contributed by atoms with Crippen molar-refractivity contribution in [2.75, 3.05) is 7.11 Å². The highest BCUT2D eigenvalue weighted by Crippen LogP contribution is 2.31. The lowest BCUT2D eigenvalue weighted by Crippen LogP contribution is -2.21. The smallest absolute Gasteiger partial charge is 0.481 e. The highest BCUT2D eigenvalue weighted by molar-refractivity contribution is 5.96. The van der Waals surface area contributed by atoms with E-state index in [2.05, 4.69) is 19.9 Å². The molecule has 0 aliphatic carbocycles. The number of aliphatic carboxylic acids is 1. The Hall–Kier alpha value is -3.76. The second-order valence-corrected chi connectivity index (χ2v) is 5.80. The van der Waals surface area contributed by atoms with Crippen LogP contribution in [-0.2, 0) is 11.8 Å². The van der Waals surface area contributed by atoms with Crippen LogP contribution in [0.15, 0.2) is 43.0 Å². The fourth-order valence-corrected chi connectivity index (χ4v) is 2.58. The number of nitrogens with zero attached hydrogens (tertiary/aromatic N) is 5. The van der Waals surface area contributed by atoms with E-state index in [1.54, 1.807) is 25.7 Å². The summed E-state index contributed by atoms with van der Waals surface area (Å²) in [7, 11) is 3.60. The van der Waals surface area contributed by atoms with Crippen LogP contribution in [0.4, 0.5) is 13.2 Å². The zero-order valence-corrected chi connectivity index (χ0v) is 15.2. The Balaban J connectivity index is 0.000000298. The molecule has 0 aliphatic heterocycles. The SMILES string of the molecule is COc1cc2c(-c3ccc4nccnc4n3)cn(C)c2cn1.O=C(O)C(F)(F)F. The highest BCUT2D eigenvalue weighted by Gasteiger charge is 2.38. The second kappa shape index (κ2) is 7.70. The molecule has 0 fully saturated rings. The predicted molar refractivity (Wildman–Crippen MR) is 97.3 cm³/mol. The van der Waals surface area contributed by atoms with Gasteiger partial charge in [0.2, 0.25) is 5.88 Å². The molecule has 4 aromatic rings. The van der Waals surface area contributed by atoms with Crippen molar-refractivity contribution in [3.05, 3.63) is 43.0 Å². The van der Waals surface area contributed by atoms with Crippen LogP contribution in [0.3, 0.4) is 0 Å². The fraction of sp³-hybridized carbons (Fsp3) is 0.167. The first-order valence-electron chi connectivity index (χ1n) is 8.08. The summed E-state index contributed by atoms with van der Waals surface area (Å²) in [6.45, 7) is 0.